The summed E-state index contributed by atoms with van der Waals surface area (Å²) in [5, 5.41) is 24.9. The first-order valence-electron chi connectivity index (χ1n) is 7.90. The quantitative estimate of drug-likeness (QED) is 0.747. The molecule has 1 aromatic heterocycles. The maximum absolute atomic E-state index is 12.0. The number of carbonyl (C=O) groups excluding carboxylic acids is 1. The first-order valence-corrected chi connectivity index (χ1v) is 8.72. The molecular formula is C17H24N4O2S. The van der Waals surface area contributed by atoms with Crippen LogP contribution in [-0.4, -0.2) is 34.0 Å². The Morgan fingerprint density at radius 3 is 2.54 bits per heavy atom. The summed E-state index contributed by atoms with van der Waals surface area (Å²) in [4.78, 5) is 12.0. The van der Waals surface area contributed by atoms with Crippen molar-refractivity contribution in [2.45, 2.75) is 45.2 Å². The summed E-state index contributed by atoms with van der Waals surface area (Å²) < 4.78 is 0. The predicted octanol–water partition coefficient (Wildman–Crippen LogP) is 2.24. The molecule has 0 unspecified atom stereocenters. The summed E-state index contributed by atoms with van der Waals surface area (Å²) in [5.41, 5.74) is 1.02. The lowest BCUT2D eigenvalue weighted by Gasteiger charge is -2.16. The van der Waals surface area contributed by atoms with Crippen LogP contribution in [0.4, 0.5) is 4.79 Å². The van der Waals surface area contributed by atoms with Gasteiger partial charge in [0.2, 0.25) is 0 Å². The molecule has 0 saturated heterocycles. The van der Waals surface area contributed by atoms with Crippen LogP contribution in [0.25, 0.3) is 0 Å². The van der Waals surface area contributed by atoms with E-state index in [0.29, 0.717) is 13.0 Å². The van der Waals surface area contributed by atoms with E-state index < -0.39 is 0 Å². The number of urea groups is 1. The van der Waals surface area contributed by atoms with Crippen LogP contribution in [0.3, 0.4) is 0 Å². The first-order chi connectivity index (χ1) is 11.4. The number of nitrogens with one attached hydrogen (secondary N) is 2. The number of benzene rings is 1. The van der Waals surface area contributed by atoms with Gasteiger partial charge in [-0.25, -0.2) is 4.79 Å². The number of aromatic nitrogens is 2. The third-order valence-electron chi connectivity index (χ3n) is 3.39. The van der Waals surface area contributed by atoms with E-state index in [1.165, 1.54) is 11.3 Å². The van der Waals surface area contributed by atoms with Gasteiger partial charge in [0, 0.05) is 5.41 Å². The second kappa shape index (κ2) is 8.21. The van der Waals surface area contributed by atoms with Crippen molar-refractivity contribution < 1.29 is 9.90 Å². The van der Waals surface area contributed by atoms with Gasteiger partial charge in [-0.15, -0.1) is 10.2 Å². The minimum absolute atomic E-state index is 0.0458. The maximum atomic E-state index is 12.0. The molecule has 1 heterocycles. The Labute approximate surface area is 146 Å². The Balaban J connectivity index is 1.82. The highest BCUT2D eigenvalue weighted by molar-refractivity contribution is 7.11. The summed E-state index contributed by atoms with van der Waals surface area (Å²) in [6, 6.07) is 9.10. The van der Waals surface area contributed by atoms with E-state index in [2.05, 4.69) is 41.6 Å². The lowest BCUT2D eigenvalue weighted by Crippen LogP contribution is -2.44. The van der Waals surface area contributed by atoms with Crippen molar-refractivity contribution in [2.24, 2.45) is 0 Å². The maximum Gasteiger partial charge on any atom is 0.315 e. The Hall–Kier alpha value is -1.99. The van der Waals surface area contributed by atoms with Crippen LogP contribution in [0, 0.1) is 0 Å². The molecule has 2 amide bonds. The van der Waals surface area contributed by atoms with Crippen molar-refractivity contribution in [2.75, 3.05) is 6.61 Å². The zero-order valence-electron chi connectivity index (χ0n) is 14.2. The fraction of sp³-hybridized carbons (Fsp3) is 0.471. The molecule has 1 atom stereocenters. The van der Waals surface area contributed by atoms with Crippen molar-refractivity contribution in [3.8, 4) is 0 Å². The number of hydrogen-bond acceptors (Lipinski definition) is 5. The van der Waals surface area contributed by atoms with Crippen LogP contribution in [0.5, 0.6) is 0 Å². The van der Waals surface area contributed by atoms with E-state index >= 15 is 0 Å². The van der Waals surface area contributed by atoms with Gasteiger partial charge < -0.3 is 15.7 Å². The number of aliphatic hydroxyl groups excluding tert-OH is 1. The lowest BCUT2D eigenvalue weighted by molar-refractivity contribution is 0.215. The Bertz CT molecular complexity index is 652. The van der Waals surface area contributed by atoms with Crippen LogP contribution >= 0.6 is 11.3 Å². The van der Waals surface area contributed by atoms with Gasteiger partial charge in [0.25, 0.3) is 0 Å². The normalized spacial score (nSPS) is 12.7. The molecular weight excluding hydrogens is 324 g/mol. The number of rotatable bonds is 6. The van der Waals surface area contributed by atoms with Gasteiger partial charge in [-0.05, 0) is 12.0 Å². The molecule has 3 N–H and O–H groups in total. The molecule has 0 fully saturated rings. The number of nitrogens with zero attached hydrogens (tertiary/aromatic N) is 2. The van der Waals surface area contributed by atoms with Crippen LogP contribution in [0.1, 0.15) is 36.3 Å². The van der Waals surface area contributed by atoms with E-state index in [4.69, 9.17) is 0 Å². The monoisotopic (exact) mass is 348 g/mol. The molecule has 6 nitrogen and oxygen atoms in total. The smallest absolute Gasteiger partial charge is 0.315 e. The third kappa shape index (κ3) is 5.58. The fourth-order valence-corrected chi connectivity index (χ4v) is 2.92. The summed E-state index contributed by atoms with van der Waals surface area (Å²) in [6.45, 7) is 6.44. The van der Waals surface area contributed by atoms with Crippen LogP contribution in [-0.2, 0) is 18.4 Å². The van der Waals surface area contributed by atoms with Gasteiger partial charge in [0.15, 0.2) is 0 Å². The molecule has 24 heavy (non-hydrogen) atoms. The Morgan fingerprint density at radius 2 is 1.96 bits per heavy atom. The van der Waals surface area contributed by atoms with Crippen LogP contribution in [0.15, 0.2) is 30.3 Å². The molecule has 0 saturated carbocycles. The predicted molar refractivity (Wildman–Crippen MR) is 95.0 cm³/mol. The highest BCUT2D eigenvalue weighted by Gasteiger charge is 2.19. The molecule has 0 aliphatic rings. The van der Waals surface area contributed by atoms with Gasteiger partial charge >= 0.3 is 6.03 Å². The molecule has 0 spiro atoms. The van der Waals surface area contributed by atoms with Gasteiger partial charge in [-0.3, -0.25) is 0 Å². The van der Waals surface area contributed by atoms with Crippen molar-refractivity contribution in [1.82, 2.24) is 20.8 Å². The average Bonchev–Trinajstić information content (AvgIpc) is 3.02. The fourth-order valence-electron chi connectivity index (χ4n) is 2.08. The molecule has 0 aliphatic heterocycles. The Morgan fingerprint density at radius 1 is 1.25 bits per heavy atom. The molecule has 2 aromatic rings. The lowest BCUT2D eigenvalue weighted by atomic mass is 9.98. The molecule has 0 aliphatic carbocycles. The molecule has 0 bridgehead atoms. The Kier molecular flexibility index (Phi) is 6.28. The standard InChI is InChI=1S/C17H24N4O2S/c1-17(2,3)15-21-20-14(24-15)10-18-16(23)19-13(11-22)9-12-7-5-4-6-8-12/h4-8,13,22H,9-11H2,1-3H3,(H2,18,19,23)/t13-/m1/s1. The summed E-state index contributed by atoms with van der Waals surface area (Å²) in [6.07, 6.45) is 0.581. The van der Waals surface area contributed by atoms with Crippen molar-refractivity contribution in [3.05, 3.63) is 45.9 Å². The van der Waals surface area contributed by atoms with E-state index in [1.807, 2.05) is 30.3 Å². The largest absolute Gasteiger partial charge is 0.394 e. The van der Waals surface area contributed by atoms with E-state index in [0.717, 1.165) is 15.6 Å². The highest BCUT2D eigenvalue weighted by Crippen LogP contribution is 2.25. The zero-order chi connectivity index (χ0) is 17.6. The molecule has 2 rings (SSSR count). The van der Waals surface area contributed by atoms with E-state index in [9.17, 15) is 9.90 Å². The first kappa shape index (κ1) is 18.4. The minimum Gasteiger partial charge on any atom is -0.394 e. The van der Waals surface area contributed by atoms with E-state index in [-0.39, 0.29) is 24.1 Å². The molecule has 1 aromatic carbocycles. The van der Waals surface area contributed by atoms with E-state index in [1.54, 1.807) is 0 Å². The third-order valence-corrected chi connectivity index (χ3v) is 4.74. The average molecular weight is 348 g/mol. The topological polar surface area (TPSA) is 87.1 Å². The SMILES string of the molecule is CC(C)(C)c1nnc(CNC(=O)N[C@@H](CO)Cc2ccccc2)s1. The number of carbonyl (C=O) groups is 1. The highest BCUT2D eigenvalue weighted by atomic mass is 32.1. The van der Waals surface area contributed by atoms with Gasteiger partial charge in [0.05, 0.1) is 19.2 Å². The van der Waals surface area contributed by atoms with Gasteiger partial charge in [-0.1, -0.05) is 62.4 Å². The van der Waals surface area contributed by atoms with Crippen LogP contribution < -0.4 is 10.6 Å². The second-order valence-electron chi connectivity index (χ2n) is 6.65. The summed E-state index contributed by atoms with van der Waals surface area (Å²) >= 11 is 1.49. The number of amides is 2. The zero-order valence-corrected chi connectivity index (χ0v) is 15.1. The summed E-state index contributed by atoms with van der Waals surface area (Å²) in [5.74, 6) is 0. The van der Waals surface area contributed by atoms with Crippen molar-refractivity contribution in [3.63, 3.8) is 0 Å². The van der Waals surface area contributed by atoms with Crippen molar-refractivity contribution >= 4 is 17.4 Å². The van der Waals surface area contributed by atoms with Gasteiger partial charge in [0.1, 0.15) is 10.0 Å². The van der Waals surface area contributed by atoms with Crippen LogP contribution in [0.2, 0.25) is 0 Å². The number of hydrogen-bond donors (Lipinski definition) is 3. The molecule has 130 valence electrons. The molecule has 7 heteroatoms. The second-order valence-corrected chi connectivity index (χ2v) is 7.71. The van der Waals surface area contributed by atoms with Crippen molar-refractivity contribution in [1.29, 1.82) is 0 Å². The number of aliphatic hydroxyl groups is 1. The minimum atomic E-state index is -0.327. The van der Waals surface area contributed by atoms with Gasteiger partial charge in [-0.2, -0.15) is 0 Å². The summed E-state index contributed by atoms with van der Waals surface area (Å²) in [7, 11) is 0. The molecule has 0 radical (unpaired) electrons.